The smallest absolute Gasteiger partial charge is 0.227 e. The third kappa shape index (κ3) is 3.27. The molecule has 0 N–H and O–H groups in total. The Morgan fingerprint density at radius 3 is 2.43 bits per heavy atom. The highest BCUT2D eigenvalue weighted by Gasteiger charge is 2.35. The van der Waals surface area contributed by atoms with E-state index in [4.69, 9.17) is 16.6 Å². The topological polar surface area (TPSA) is 38.1 Å². The largest absolute Gasteiger partial charge is 0.320 e. The second-order valence-corrected chi connectivity index (χ2v) is 8.23. The molecular formula is C25H22ClN3O. The number of benzene rings is 3. The lowest BCUT2D eigenvalue weighted by Crippen LogP contribution is -2.24. The van der Waals surface area contributed by atoms with Crippen molar-refractivity contribution in [1.82, 2.24) is 9.55 Å². The number of carbonyl (C=O) groups is 1. The van der Waals surface area contributed by atoms with Crippen molar-refractivity contribution in [3.8, 4) is 0 Å². The van der Waals surface area contributed by atoms with Crippen LogP contribution >= 0.6 is 11.6 Å². The molecule has 0 unspecified atom stereocenters. The minimum absolute atomic E-state index is 0.0340. The number of carbonyl (C=O) groups excluding carboxylic acids is 1. The van der Waals surface area contributed by atoms with Crippen LogP contribution in [0.2, 0.25) is 5.02 Å². The van der Waals surface area contributed by atoms with Gasteiger partial charge in [-0.2, -0.15) is 0 Å². The summed E-state index contributed by atoms with van der Waals surface area (Å²) in [5, 5.41) is 0.667. The van der Waals surface area contributed by atoms with E-state index in [-0.39, 0.29) is 17.9 Å². The number of aromatic nitrogens is 2. The molecule has 1 aliphatic rings. The highest BCUT2D eigenvalue weighted by atomic mass is 35.5. The van der Waals surface area contributed by atoms with Crippen molar-refractivity contribution in [1.29, 1.82) is 0 Å². The van der Waals surface area contributed by atoms with Gasteiger partial charge in [0, 0.05) is 29.6 Å². The number of hydrogen-bond donors (Lipinski definition) is 0. The molecule has 0 bridgehead atoms. The zero-order valence-electron chi connectivity index (χ0n) is 16.7. The number of imidazole rings is 1. The van der Waals surface area contributed by atoms with Gasteiger partial charge < -0.3 is 9.47 Å². The van der Waals surface area contributed by atoms with Gasteiger partial charge in [0.15, 0.2) is 0 Å². The highest BCUT2D eigenvalue weighted by Crippen LogP contribution is 2.36. The van der Waals surface area contributed by atoms with Crippen LogP contribution in [0, 0.1) is 0 Å². The summed E-state index contributed by atoms with van der Waals surface area (Å²) in [7, 11) is 0. The summed E-state index contributed by atoms with van der Waals surface area (Å²) in [5.74, 6) is 1.12. The molecule has 4 nitrogen and oxygen atoms in total. The van der Waals surface area contributed by atoms with Crippen molar-refractivity contribution < 1.29 is 4.79 Å². The number of anilines is 1. The van der Waals surface area contributed by atoms with Gasteiger partial charge in [0.25, 0.3) is 0 Å². The van der Waals surface area contributed by atoms with Gasteiger partial charge in [-0.05, 0) is 48.9 Å². The van der Waals surface area contributed by atoms with Crippen LogP contribution in [0.4, 0.5) is 5.69 Å². The Kier molecular flexibility index (Phi) is 4.80. The first kappa shape index (κ1) is 18.9. The molecule has 30 heavy (non-hydrogen) atoms. The van der Waals surface area contributed by atoms with Crippen LogP contribution in [0.15, 0.2) is 78.9 Å². The summed E-state index contributed by atoms with van der Waals surface area (Å²) < 4.78 is 2.30. The van der Waals surface area contributed by atoms with E-state index in [9.17, 15) is 4.79 Å². The molecule has 1 saturated heterocycles. The number of para-hydroxylation sites is 2. The summed E-state index contributed by atoms with van der Waals surface area (Å²) >= 11 is 6.02. The molecule has 0 saturated carbocycles. The van der Waals surface area contributed by atoms with Crippen LogP contribution < -0.4 is 4.90 Å². The normalized spacial score (nSPS) is 17.6. The van der Waals surface area contributed by atoms with Gasteiger partial charge in [-0.1, -0.05) is 54.1 Å². The van der Waals surface area contributed by atoms with Gasteiger partial charge >= 0.3 is 0 Å². The number of nitrogens with zero attached hydrogens (tertiary/aromatic N) is 3. The Morgan fingerprint density at radius 1 is 0.967 bits per heavy atom. The van der Waals surface area contributed by atoms with Crippen molar-refractivity contribution in [3.63, 3.8) is 0 Å². The predicted octanol–water partition coefficient (Wildman–Crippen LogP) is 5.82. The molecule has 1 amide bonds. The fourth-order valence-electron chi connectivity index (χ4n) is 4.39. The van der Waals surface area contributed by atoms with E-state index in [1.54, 1.807) is 0 Å². The van der Waals surface area contributed by atoms with Crippen molar-refractivity contribution in [2.45, 2.75) is 25.3 Å². The Labute approximate surface area is 180 Å². The molecule has 1 aliphatic heterocycles. The number of halogens is 1. The molecule has 0 aliphatic carbocycles. The van der Waals surface area contributed by atoms with Gasteiger partial charge in [0.2, 0.25) is 5.91 Å². The number of hydrogen-bond acceptors (Lipinski definition) is 2. The summed E-state index contributed by atoms with van der Waals surface area (Å²) in [6.45, 7) is 2.81. The lowest BCUT2D eigenvalue weighted by Gasteiger charge is -2.21. The molecule has 0 spiro atoms. The Bertz CT molecular complexity index is 1200. The van der Waals surface area contributed by atoms with Crippen LogP contribution in [-0.4, -0.2) is 22.0 Å². The second kappa shape index (κ2) is 7.62. The second-order valence-electron chi connectivity index (χ2n) is 7.80. The molecule has 0 radical (unpaired) electrons. The van der Waals surface area contributed by atoms with Crippen LogP contribution in [0.25, 0.3) is 11.0 Å². The standard InChI is InChI=1S/C25H22ClN3O/c1-17(18-7-3-2-4-8-18)29-23-10-6-5-9-22(23)27-25(29)19-15-24(30)28(16-19)21-13-11-20(26)12-14-21/h2-14,17,19H,15-16H2,1H3/t17-,19+/m0/s1. The Morgan fingerprint density at radius 2 is 1.67 bits per heavy atom. The van der Waals surface area contributed by atoms with Crippen molar-refractivity contribution in [3.05, 3.63) is 95.3 Å². The number of amides is 1. The van der Waals surface area contributed by atoms with Crippen LogP contribution in [0.1, 0.15) is 36.7 Å². The highest BCUT2D eigenvalue weighted by molar-refractivity contribution is 6.30. The van der Waals surface area contributed by atoms with E-state index < -0.39 is 0 Å². The molecule has 2 heterocycles. The maximum absolute atomic E-state index is 12.9. The predicted molar refractivity (Wildman–Crippen MR) is 121 cm³/mol. The molecule has 5 heteroatoms. The van der Waals surface area contributed by atoms with E-state index in [0.717, 1.165) is 22.5 Å². The summed E-state index contributed by atoms with van der Waals surface area (Å²) in [6.07, 6.45) is 0.452. The summed E-state index contributed by atoms with van der Waals surface area (Å²) in [6, 6.07) is 26.2. The maximum Gasteiger partial charge on any atom is 0.227 e. The third-order valence-electron chi connectivity index (χ3n) is 5.92. The summed E-state index contributed by atoms with van der Waals surface area (Å²) in [4.78, 5) is 19.7. The molecule has 1 aromatic heterocycles. The first-order valence-corrected chi connectivity index (χ1v) is 10.6. The van der Waals surface area contributed by atoms with E-state index in [0.29, 0.717) is 18.0 Å². The van der Waals surface area contributed by atoms with E-state index in [2.05, 4.69) is 41.8 Å². The summed E-state index contributed by atoms with van der Waals surface area (Å²) in [5.41, 5.74) is 4.17. The lowest BCUT2D eigenvalue weighted by atomic mass is 10.0. The first-order valence-electron chi connectivity index (χ1n) is 10.2. The van der Waals surface area contributed by atoms with E-state index >= 15 is 0 Å². The van der Waals surface area contributed by atoms with Crippen LogP contribution in [0.3, 0.4) is 0 Å². The number of fused-ring (bicyclic) bond motifs is 1. The first-order chi connectivity index (χ1) is 14.6. The van der Waals surface area contributed by atoms with Crippen molar-refractivity contribution in [2.24, 2.45) is 0 Å². The fraction of sp³-hybridized carbons (Fsp3) is 0.200. The lowest BCUT2D eigenvalue weighted by molar-refractivity contribution is -0.117. The molecular weight excluding hydrogens is 394 g/mol. The minimum atomic E-state index is 0.0340. The zero-order chi connectivity index (χ0) is 20.7. The van der Waals surface area contributed by atoms with E-state index in [1.807, 2.05) is 53.4 Å². The maximum atomic E-state index is 12.9. The average molecular weight is 416 g/mol. The third-order valence-corrected chi connectivity index (χ3v) is 6.17. The van der Waals surface area contributed by atoms with Crippen molar-refractivity contribution >= 4 is 34.2 Å². The van der Waals surface area contributed by atoms with Crippen molar-refractivity contribution in [2.75, 3.05) is 11.4 Å². The molecule has 150 valence electrons. The van der Waals surface area contributed by atoms with E-state index in [1.165, 1.54) is 5.56 Å². The molecule has 2 atom stereocenters. The zero-order valence-corrected chi connectivity index (χ0v) is 17.5. The fourth-order valence-corrected chi connectivity index (χ4v) is 4.52. The van der Waals surface area contributed by atoms with Gasteiger partial charge in [0.1, 0.15) is 5.82 Å². The molecule has 3 aromatic carbocycles. The van der Waals surface area contributed by atoms with Gasteiger partial charge in [-0.15, -0.1) is 0 Å². The molecule has 4 aromatic rings. The molecule has 5 rings (SSSR count). The Hall–Kier alpha value is -3.11. The van der Waals surface area contributed by atoms with Crippen LogP contribution in [-0.2, 0) is 4.79 Å². The van der Waals surface area contributed by atoms with Gasteiger partial charge in [-0.3, -0.25) is 4.79 Å². The Balaban J connectivity index is 1.56. The van der Waals surface area contributed by atoms with Crippen LogP contribution in [0.5, 0.6) is 0 Å². The average Bonchev–Trinajstić information content (AvgIpc) is 3.35. The minimum Gasteiger partial charge on any atom is -0.320 e. The van der Waals surface area contributed by atoms with Gasteiger partial charge in [-0.25, -0.2) is 4.98 Å². The quantitative estimate of drug-likeness (QED) is 0.421. The SMILES string of the molecule is C[C@@H](c1ccccc1)n1c([C@@H]2CC(=O)N(c3ccc(Cl)cc3)C2)nc2ccccc21. The van der Waals surface area contributed by atoms with Gasteiger partial charge in [0.05, 0.1) is 17.1 Å². The molecule has 1 fully saturated rings. The monoisotopic (exact) mass is 415 g/mol. The number of rotatable bonds is 4.